The maximum Gasteiger partial charge on any atom is 0.120 e. The van der Waals surface area contributed by atoms with E-state index in [4.69, 9.17) is 0 Å². The Morgan fingerprint density at radius 2 is 1.92 bits per heavy atom. The highest BCUT2D eigenvalue weighted by Crippen LogP contribution is 2.29. The van der Waals surface area contributed by atoms with Crippen molar-refractivity contribution in [1.29, 1.82) is 0 Å². The molecule has 0 bridgehead atoms. The molecule has 4 nitrogen and oxygen atoms in total. The minimum absolute atomic E-state index is 0.232. The number of aliphatic hydroxyl groups is 1. The van der Waals surface area contributed by atoms with Gasteiger partial charge in [0, 0.05) is 44.4 Å². The zero-order valence-corrected chi connectivity index (χ0v) is 16.1. The van der Waals surface area contributed by atoms with Gasteiger partial charge >= 0.3 is 0 Å². The Morgan fingerprint density at radius 3 is 2.69 bits per heavy atom. The Hall–Kier alpha value is -1.62. The monoisotopic (exact) mass is 356 g/mol. The summed E-state index contributed by atoms with van der Waals surface area (Å²) in [6.07, 6.45) is 2.02. The normalized spacial score (nSPS) is 19.5. The average Bonchev–Trinajstić information content (AvgIpc) is 2.63. The van der Waals surface area contributed by atoms with Crippen molar-refractivity contribution >= 4 is 10.8 Å². The van der Waals surface area contributed by atoms with Gasteiger partial charge in [-0.05, 0) is 42.1 Å². The molecule has 0 saturated carbocycles. The van der Waals surface area contributed by atoms with Crippen LogP contribution in [0.25, 0.3) is 10.8 Å². The van der Waals surface area contributed by atoms with E-state index < -0.39 is 0 Å². The van der Waals surface area contributed by atoms with Crippen LogP contribution in [0.15, 0.2) is 36.4 Å². The van der Waals surface area contributed by atoms with Crippen molar-refractivity contribution in [3.8, 4) is 5.75 Å². The highest BCUT2D eigenvalue weighted by Gasteiger charge is 2.27. The van der Waals surface area contributed by atoms with E-state index in [1.165, 1.54) is 11.8 Å². The van der Waals surface area contributed by atoms with Gasteiger partial charge in [0.25, 0.3) is 0 Å². The molecule has 1 saturated heterocycles. The van der Waals surface area contributed by atoms with E-state index in [-0.39, 0.29) is 6.61 Å². The number of nitrogens with zero attached hydrogens (tertiary/aromatic N) is 2. The maximum atomic E-state index is 10.4. The van der Waals surface area contributed by atoms with Crippen LogP contribution in [0.3, 0.4) is 0 Å². The van der Waals surface area contributed by atoms with Crippen LogP contribution < -0.4 is 0 Å². The van der Waals surface area contributed by atoms with Crippen LogP contribution in [0.4, 0.5) is 0 Å². The minimum Gasteiger partial charge on any atom is -0.508 e. The third-order valence-electron chi connectivity index (χ3n) is 5.54. The number of hydrogen-bond donors (Lipinski definition) is 2. The van der Waals surface area contributed by atoms with E-state index in [9.17, 15) is 10.2 Å². The highest BCUT2D eigenvalue weighted by atomic mass is 16.3. The number of hydrogen-bond acceptors (Lipinski definition) is 4. The van der Waals surface area contributed by atoms with Gasteiger partial charge in [0.15, 0.2) is 0 Å². The molecular formula is C22H32N2O2. The molecule has 2 N–H and O–H groups in total. The van der Waals surface area contributed by atoms with Crippen LogP contribution in [0, 0.1) is 5.92 Å². The number of aliphatic hydroxyl groups excluding tert-OH is 1. The fraction of sp³-hybridized carbons (Fsp3) is 0.545. The molecule has 1 fully saturated rings. The summed E-state index contributed by atoms with van der Waals surface area (Å²) in [5.41, 5.74) is 1.02. The summed E-state index contributed by atoms with van der Waals surface area (Å²) in [6, 6.07) is 12.4. The van der Waals surface area contributed by atoms with E-state index in [1.54, 1.807) is 0 Å². The lowest BCUT2D eigenvalue weighted by molar-refractivity contribution is 0.0522. The standard InChI is InChI=1S/C22H32N2O2/c1-17(2)9-11-24-13-12-23(15-19(24)10-14-25)16-21-20-6-4-3-5-18(20)7-8-22(21)26/h3-8,17,19,25-26H,9-16H2,1-2H3/t19-/m1/s1. The van der Waals surface area contributed by atoms with E-state index >= 15 is 0 Å². The van der Waals surface area contributed by atoms with Crippen molar-refractivity contribution in [2.75, 3.05) is 32.8 Å². The van der Waals surface area contributed by atoms with Crippen molar-refractivity contribution in [2.45, 2.75) is 39.3 Å². The second kappa shape index (κ2) is 8.85. The van der Waals surface area contributed by atoms with E-state index in [0.717, 1.165) is 50.1 Å². The second-order valence-corrected chi connectivity index (χ2v) is 7.90. The van der Waals surface area contributed by atoms with Gasteiger partial charge in [0.2, 0.25) is 0 Å². The SMILES string of the molecule is CC(C)CCN1CCN(Cc2c(O)ccc3ccccc23)C[C@H]1CCO. The molecule has 142 valence electrons. The molecule has 2 aromatic rings. The first-order valence-corrected chi connectivity index (χ1v) is 9.85. The third kappa shape index (κ3) is 4.56. The zero-order valence-electron chi connectivity index (χ0n) is 16.1. The molecule has 0 amide bonds. The van der Waals surface area contributed by atoms with E-state index in [2.05, 4.69) is 35.8 Å². The van der Waals surface area contributed by atoms with Crippen molar-refractivity contribution in [3.63, 3.8) is 0 Å². The Kier molecular flexibility index (Phi) is 6.52. The van der Waals surface area contributed by atoms with Crippen LogP contribution in [-0.2, 0) is 6.54 Å². The molecule has 2 aromatic carbocycles. The lowest BCUT2D eigenvalue weighted by Crippen LogP contribution is -2.53. The van der Waals surface area contributed by atoms with Crippen LogP contribution >= 0.6 is 0 Å². The summed E-state index contributed by atoms with van der Waals surface area (Å²) in [6.45, 7) is 9.60. The van der Waals surface area contributed by atoms with Crippen molar-refractivity contribution in [1.82, 2.24) is 9.80 Å². The Bertz CT molecular complexity index is 716. The molecule has 1 aliphatic rings. The first-order chi connectivity index (χ1) is 12.6. The first-order valence-electron chi connectivity index (χ1n) is 9.85. The quantitative estimate of drug-likeness (QED) is 0.798. The Morgan fingerprint density at radius 1 is 1.12 bits per heavy atom. The van der Waals surface area contributed by atoms with Gasteiger partial charge in [-0.2, -0.15) is 0 Å². The maximum absolute atomic E-state index is 10.4. The summed E-state index contributed by atoms with van der Waals surface area (Å²) >= 11 is 0. The molecule has 0 aromatic heterocycles. The van der Waals surface area contributed by atoms with E-state index in [0.29, 0.717) is 17.7 Å². The van der Waals surface area contributed by atoms with Crippen LogP contribution in [0.1, 0.15) is 32.3 Å². The van der Waals surface area contributed by atoms with Gasteiger partial charge in [-0.25, -0.2) is 0 Å². The Balaban J connectivity index is 1.72. The molecule has 0 radical (unpaired) electrons. The summed E-state index contributed by atoms with van der Waals surface area (Å²) < 4.78 is 0. The predicted octanol–water partition coefficient (Wildman–Crippen LogP) is 3.46. The molecule has 1 aliphatic heterocycles. The van der Waals surface area contributed by atoms with Crippen molar-refractivity contribution in [2.24, 2.45) is 5.92 Å². The number of fused-ring (bicyclic) bond motifs is 1. The van der Waals surface area contributed by atoms with Crippen LogP contribution in [0.5, 0.6) is 5.75 Å². The van der Waals surface area contributed by atoms with Gasteiger partial charge in [-0.15, -0.1) is 0 Å². The van der Waals surface area contributed by atoms with E-state index in [1.807, 2.05) is 24.3 Å². The van der Waals surface area contributed by atoms with Gasteiger partial charge < -0.3 is 10.2 Å². The van der Waals surface area contributed by atoms with Crippen molar-refractivity contribution < 1.29 is 10.2 Å². The highest BCUT2D eigenvalue weighted by molar-refractivity contribution is 5.87. The number of benzene rings is 2. The molecule has 4 heteroatoms. The molecule has 0 aliphatic carbocycles. The molecular weight excluding hydrogens is 324 g/mol. The molecule has 1 heterocycles. The summed E-state index contributed by atoms with van der Waals surface area (Å²) in [4.78, 5) is 4.96. The van der Waals surface area contributed by atoms with Crippen LogP contribution in [0.2, 0.25) is 0 Å². The molecule has 0 unspecified atom stereocenters. The lowest BCUT2D eigenvalue weighted by Gasteiger charge is -2.42. The topological polar surface area (TPSA) is 46.9 Å². The largest absolute Gasteiger partial charge is 0.508 e. The number of piperazine rings is 1. The molecule has 0 spiro atoms. The minimum atomic E-state index is 0.232. The number of phenolic OH excluding ortho intramolecular Hbond substituents is 1. The second-order valence-electron chi connectivity index (χ2n) is 7.90. The lowest BCUT2D eigenvalue weighted by atomic mass is 10.0. The molecule has 1 atom stereocenters. The van der Waals surface area contributed by atoms with Gasteiger partial charge in [-0.1, -0.05) is 44.2 Å². The predicted molar refractivity (Wildman–Crippen MR) is 107 cm³/mol. The average molecular weight is 357 g/mol. The number of phenols is 1. The fourth-order valence-electron chi connectivity index (χ4n) is 3.96. The Labute approximate surface area is 157 Å². The summed E-state index contributed by atoms with van der Waals surface area (Å²) in [7, 11) is 0. The third-order valence-corrected chi connectivity index (χ3v) is 5.54. The molecule has 3 rings (SSSR count). The van der Waals surface area contributed by atoms with Crippen molar-refractivity contribution in [3.05, 3.63) is 42.0 Å². The zero-order chi connectivity index (χ0) is 18.5. The smallest absolute Gasteiger partial charge is 0.120 e. The fourth-order valence-corrected chi connectivity index (χ4v) is 3.96. The molecule has 26 heavy (non-hydrogen) atoms. The van der Waals surface area contributed by atoms with Gasteiger partial charge in [0.05, 0.1) is 0 Å². The van der Waals surface area contributed by atoms with Crippen LogP contribution in [-0.4, -0.2) is 58.8 Å². The number of rotatable bonds is 7. The summed E-state index contributed by atoms with van der Waals surface area (Å²) in [5, 5.41) is 22.2. The summed E-state index contributed by atoms with van der Waals surface area (Å²) in [5.74, 6) is 1.08. The number of aromatic hydroxyl groups is 1. The van der Waals surface area contributed by atoms with Gasteiger partial charge in [-0.3, -0.25) is 9.80 Å². The first kappa shape index (κ1) is 19.2. The van der Waals surface area contributed by atoms with Gasteiger partial charge in [0.1, 0.15) is 5.75 Å².